The highest BCUT2D eigenvalue weighted by Gasteiger charge is 2.13. The van der Waals surface area contributed by atoms with E-state index < -0.39 is 0 Å². The molecule has 3 heteroatoms. The number of aliphatic hydroxyl groups is 1. The van der Waals surface area contributed by atoms with Crippen LogP contribution in [0.2, 0.25) is 0 Å². The number of carbonyl (C=O) groups is 1. The first-order valence-corrected chi connectivity index (χ1v) is 8.41. The number of benzene rings is 1. The highest BCUT2D eigenvalue weighted by Crippen LogP contribution is 2.24. The minimum Gasteiger partial charge on any atom is -0.394 e. The lowest BCUT2D eigenvalue weighted by molar-refractivity contribution is -0.122. The lowest BCUT2D eigenvalue weighted by Gasteiger charge is -2.18. The molecule has 1 fully saturated rings. The summed E-state index contributed by atoms with van der Waals surface area (Å²) >= 11 is 0. The minimum atomic E-state index is -0.309. The molecule has 0 heterocycles. The Kier molecular flexibility index (Phi) is 7.17. The minimum absolute atomic E-state index is 0.00352. The number of hydrogen-bond donors (Lipinski definition) is 2. The molecule has 0 bridgehead atoms. The second kappa shape index (κ2) is 9.42. The molecule has 2 rings (SSSR count). The maximum absolute atomic E-state index is 12.0. The quantitative estimate of drug-likeness (QED) is 0.754. The molecule has 0 aromatic heterocycles. The van der Waals surface area contributed by atoms with Crippen molar-refractivity contribution < 1.29 is 9.90 Å². The number of aliphatic hydroxyl groups excluding tert-OH is 1. The van der Waals surface area contributed by atoms with Crippen LogP contribution in [0, 0.1) is 5.92 Å². The number of amides is 1. The molecule has 1 aromatic carbocycles. The van der Waals surface area contributed by atoms with E-state index in [0.29, 0.717) is 12.3 Å². The molecular formula is C19H27NO2. The largest absolute Gasteiger partial charge is 0.394 e. The molecule has 1 unspecified atom stereocenters. The normalized spacial score (nSPS) is 17.5. The lowest BCUT2D eigenvalue weighted by atomic mass is 9.89. The van der Waals surface area contributed by atoms with Crippen molar-refractivity contribution in [2.45, 2.75) is 51.0 Å². The summed E-state index contributed by atoms with van der Waals surface area (Å²) in [6.07, 6.45) is 12.3. The van der Waals surface area contributed by atoms with Gasteiger partial charge in [0.25, 0.3) is 0 Å². The summed E-state index contributed by atoms with van der Waals surface area (Å²) in [6.45, 7) is -0.0757. The smallest absolute Gasteiger partial charge is 0.220 e. The molecule has 0 saturated heterocycles. The van der Waals surface area contributed by atoms with Crippen LogP contribution in [0.5, 0.6) is 0 Å². The van der Waals surface area contributed by atoms with Gasteiger partial charge in [-0.15, -0.1) is 0 Å². The summed E-state index contributed by atoms with van der Waals surface area (Å²) in [5.74, 6) is 0.711. The van der Waals surface area contributed by atoms with Gasteiger partial charge in [0.1, 0.15) is 0 Å². The molecule has 0 radical (unpaired) electrons. The van der Waals surface area contributed by atoms with Crippen LogP contribution in [0.3, 0.4) is 0 Å². The Morgan fingerprint density at radius 3 is 2.64 bits per heavy atom. The molecule has 1 atom stereocenters. The van der Waals surface area contributed by atoms with Crippen LogP contribution in [0.1, 0.15) is 56.6 Å². The van der Waals surface area contributed by atoms with E-state index in [1.54, 1.807) is 0 Å². The molecule has 0 spiro atoms. The van der Waals surface area contributed by atoms with Crippen LogP contribution in [-0.4, -0.2) is 17.6 Å². The Bertz CT molecular complexity index is 464. The molecule has 1 amide bonds. The van der Waals surface area contributed by atoms with Gasteiger partial charge in [0.05, 0.1) is 12.6 Å². The molecule has 1 aromatic rings. The van der Waals surface area contributed by atoms with Crippen molar-refractivity contribution >= 4 is 5.91 Å². The van der Waals surface area contributed by atoms with Gasteiger partial charge in [0.2, 0.25) is 5.91 Å². The SMILES string of the molecule is O=C(CC/C=C/C1CCCCC1)NC(CO)c1ccccc1. The van der Waals surface area contributed by atoms with Gasteiger partial charge in [-0.2, -0.15) is 0 Å². The average molecular weight is 301 g/mol. The fourth-order valence-corrected chi connectivity index (χ4v) is 3.02. The van der Waals surface area contributed by atoms with Crippen LogP contribution in [0.15, 0.2) is 42.5 Å². The summed E-state index contributed by atoms with van der Waals surface area (Å²) in [4.78, 5) is 12.0. The van der Waals surface area contributed by atoms with Crippen LogP contribution >= 0.6 is 0 Å². The zero-order chi connectivity index (χ0) is 15.6. The number of nitrogens with one attached hydrogen (secondary N) is 1. The standard InChI is InChI=1S/C19H27NO2/c21-15-18(17-12-5-2-6-13-17)20-19(22)14-8-7-11-16-9-3-1-4-10-16/h2,5-7,11-13,16,18,21H,1,3-4,8-10,14-15H2,(H,20,22)/b11-7+. The molecule has 3 nitrogen and oxygen atoms in total. The third kappa shape index (κ3) is 5.64. The van der Waals surface area contributed by atoms with Crippen LogP contribution in [-0.2, 0) is 4.79 Å². The summed E-state index contributed by atoms with van der Waals surface area (Å²) in [7, 11) is 0. The van der Waals surface area contributed by atoms with Gasteiger partial charge in [-0.3, -0.25) is 4.79 Å². The summed E-state index contributed by atoms with van der Waals surface area (Å²) in [6, 6.07) is 9.29. The topological polar surface area (TPSA) is 49.3 Å². The van der Waals surface area contributed by atoms with E-state index in [1.165, 1.54) is 32.1 Å². The predicted molar refractivity (Wildman–Crippen MR) is 89.4 cm³/mol. The summed E-state index contributed by atoms with van der Waals surface area (Å²) in [5.41, 5.74) is 0.941. The van der Waals surface area contributed by atoms with Crippen molar-refractivity contribution in [3.05, 3.63) is 48.0 Å². The van der Waals surface area contributed by atoms with E-state index in [9.17, 15) is 9.90 Å². The molecule has 1 saturated carbocycles. The van der Waals surface area contributed by atoms with E-state index >= 15 is 0 Å². The van der Waals surface area contributed by atoms with Gasteiger partial charge in [-0.25, -0.2) is 0 Å². The van der Waals surface area contributed by atoms with Crippen molar-refractivity contribution in [1.82, 2.24) is 5.32 Å². The fraction of sp³-hybridized carbons (Fsp3) is 0.526. The van der Waals surface area contributed by atoms with Gasteiger partial charge >= 0.3 is 0 Å². The van der Waals surface area contributed by atoms with Gasteiger partial charge in [0, 0.05) is 6.42 Å². The molecular weight excluding hydrogens is 274 g/mol. The fourth-order valence-electron chi connectivity index (χ4n) is 3.02. The highest BCUT2D eigenvalue weighted by atomic mass is 16.3. The summed E-state index contributed by atoms with van der Waals surface area (Å²) in [5, 5.41) is 12.3. The first kappa shape index (κ1) is 16.8. The van der Waals surface area contributed by atoms with Gasteiger partial charge in [0.15, 0.2) is 0 Å². The van der Waals surface area contributed by atoms with E-state index in [0.717, 1.165) is 12.0 Å². The third-order valence-corrected chi connectivity index (χ3v) is 4.32. The van der Waals surface area contributed by atoms with Gasteiger partial charge in [-0.1, -0.05) is 61.7 Å². The van der Waals surface area contributed by atoms with Crippen molar-refractivity contribution in [1.29, 1.82) is 0 Å². The Morgan fingerprint density at radius 1 is 1.23 bits per heavy atom. The van der Waals surface area contributed by atoms with Crippen LogP contribution in [0.4, 0.5) is 0 Å². The van der Waals surface area contributed by atoms with Crippen LogP contribution < -0.4 is 5.32 Å². The van der Waals surface area contributed by atoms with E-state index in [1.807, 2.05) is 30.3 Å². The van der Waals surface area contributed by atoms with Crippen molar-refractivity contribution in [2.75, 3.05) is 6.61 Å². The summed E-state index contributed by atoms with van der Waals surface area (Å²) < 4.78 is 0. The molecule has 1 aliphatic carbocycles. The molecule has 0 aliphatic heterocycles. The second-order valence-corrected chi connectivity index (χ2v) is 6.08. The van der Waals surface area contributed by atoms with Crippen LogP contribution in [0.25, 0.3) is 0 Å². The molecule has 2 N–H and O–H groups in total. The number of carbonyl (C=O) groups excluding carboxylic acids is 1. The first-order valence-electron chi connectivity index (χ1n) is 8.41. The molecule has 120 valence electrons. The van der Waals surface area contributed by atoms with Gasteiger partial charge in [-0.05, 0) is 30.7 Å². The third-order valence-electron chi connectivity index (χ3n) is 4.32. The van der Waals surface area contributed by atoms with Crippen molar-refractivity contribution in [2.24, 2.45) is 5.92 Å². The maximum atomic E-state index is 12.0. The highest BCUT2D eigenvalue weighted by molar-refractivity contribution is 5.76. The number of rotatable bonds is 7. The Morgan fingerprint density at radius 2 is 1.95 bits per heavy atom. The van der Waals surface area contributed by atoms with Crippen molar-refractivity contribution in [3.8, 4) is 0 Å². The maximum Gasteiger partial charge on any atom is 0.220 e. The Balaban J connectivity index is 1.71. The number of allylic oxidation sites excluding steroid dienone is 2. The van der Waals surface area contributed by atoms with E-state index in [2.05, 4.69) is 17.5 Å². The monoisotopic (exact) mass is 301 g/mol. The second-order valence-electron chi connectivity index (χ2n) is 6.08. The molecule has 22 heavy (non-hydrogen) atoms. The van der Waals surface area contributed by atoms with E-state index in [-0.39, 0.29) is 18.6 Å². The zero-order valence-corrected chi connectivity index (χ0v) is 13.2. The average Bonchev–Trinajstić information content (AvgIpc) is 2.58. The van der Waals surface area contributed by atoms with Gasteiger partial charge < -0.3 is 10.4 Å². The van der Waals surface area contributed by atoms with Crippen molar-refractivity contribution in [3.63, 3.8) is 0 Å². The lowest BCUT2D eigenvalue weighted by Crippen LogP contribution is -2.30. The zero-order valence-electron chi connectivity index (χ0n) is 13.2. The molecule has 1 aliphatic rings. The number of hydrogen-bond acceptors (Lipinski definition) is 2. The van der Waals surface area contributed by atoms with E-state index in [4.69, 9.17) is 0 Å². The Hall–Kier alpha value is -1.61. The Labute approximate surface area is 133 Å². The predicted octanol–water partition coefficient (Wildman–Crippen LogP) is 3.75. The first-order chi connectivity index (χ1) is 10.8.